The monoisotopic (exact) mass is 300 g/mol. The van der Waals surface area contributed by atoms with Gasteiger partial charge in [0.05, 0.1) is 18.7 Å². The second kappa shape index (κ2) is 5.13. The summed E-state index contributed by atoms with van der Waals surface area (Å²) in [5.41, 5.74) is 4.44. The largest absolute Gasteiger partial charge is 0.368 e. The van der Waals surface area contributed by atoms with Crippen molar-refractivity contribution in [2.75, 3.05) is 20.7 Å². The molecule has 0 fully saturated rings. The van der Waals surface area contributed by atoms with Gasteiger partial charge in [-0.15, -0.1) is 0 Å². The topological polar surface area (TPSA) is 34.5 Å². The number of benzene rings is 1. The number of carbonyl (C=O) groups excluding carboxylic acids is 1. The first-order chi connectivity index (χ1) is 10.3. The second-order valence-electron chi connectivity index (χ2n) is 6.65. The molecule has 2 heterocycles. The van der Waals surface area contributed by atoms with E-state index >= 15 is 0 Å². The quantitative estimate of drug-likeness (QED) is 0.854. The van der Waals surface area contributed by atoms with Crippen LogP contribution in [0.3, 0.4) is 0 Å². The van der Waals surface area contributed by atoms with E-state index in [0.29, 0.717) is 13.0 Å². The Balaban J connectivity index is 2.20. The van der Waals surface area contributed by atoms with Gasteiger partial charge in [0, 0.05) is 32.0 Å². The Labute approximate surface area is 131 Å². The molecule has 1 aliphatic heterocycles. The molecule has 4 heteroatoms. The fraction of sp³-hybridized carbons (Fsp3) is 0.500. The molecule has 1 unspecified atom stereocenters. The number of hydrogen-bond acceptors (Lipinski definition) is 2. The number of hydrogen-bond donors (Lipinski definition) is 0. The summed E-state index contributed by atoms with van der Waals surface area (Å²) >= 11 is 0. The molecule has 0 radical (unpaired) electrons. The smallest absolute Gasteiger partial charge is 0.225 e. The number of aromatic nitrogens is 1. The number of rotatable bonds is 2. The van der Waals surface area contributed by atoms with Crippen LogP contribution in [-0.2, 0) is 28.6 Å². The highest BCUT2D eigenvalue weighted by Gasteiger charge is 2.39. The summed E-state index contributed by atoms with van der Waals surface area (Å²) < 4.78 is 8.30. The standard InChI is InChI=1S/C18H24N2O2/c1-12-7-6-8-14-16(12)13-9-10-22-18(2,17(13)20(14)5)11-15(21)19(3)4/h6-8H,9-11H2,1-5H3. The lowest BCUT2D eigenvalue weighted by atomic mass is 9.89. The SMILES string of the molecule is Cc1cccc2c1c1c(n2C)C(C)(CC(=O)N(C)C)OCC1. The van der Waals surface area contributed by atoms with Crippen molar-refractivity contribution in [3.05, 3.63) is 35.0 Å². The molecule has 1 atom stereocenters. The van der Waals surface area contributed by atoms with Crippen LogP contribution in [0.4, 0.5) is 0 Å². The van der Waals surface area contributed by atoms with Crippen LogP contribution in [0.5, 0.6) is 0 Å². The van der Waals surface area contributed by atoms with Crippen molar-refractivity contribution in [1.29, 1.82) is 0 Å². The number of ether oxygens (including phenoxy) is 1. The van der Waals surface area contributed by atoms with E-state index in [1.54, 1.807) is 19.0 Å². The van der Waals surface area contributed by atoms with E-state index in [9.17, 15) is 4.79 Å². The highest BCUT2D eigenvalue weighted by molar-refractivity contribution is 5.89. The van der Waals surface area contributed by atoms with Crippen molar-refractivity contribution < 1.29 is 9.53 Å². The Kier molecular flexibility index (Phi) is 3.52. The summed E-state index contributed by atoms with van der Waals surface area (Å²) in [6, 6.07) is 6.39. The molecule has 1 aromatic heterocycles. The number of aryl methyl sites for hydroxylation is 2. The predicted molar refractivity (Wildman–Crippen MR) is 88.0 cm³/mol. The summed E-state index contributed by atoms with van der Waals surface area (Å²) in [4.78, 5) is 13.9. The minimum absolute atomic E-state index is 0.0947. The van der Waals surface area contributed by atoms with Crippen molar-refractivity contribution in [3.8, 4) is 0 Å². The zero-order valence-corrected chi connectivity index (χ0v) is 14.1. The number of fused-ring (bicyclic) bond motifs is 3. The maximum Gasteiger partial charge on any atom is 0.225 e. The molecule has 2 aromatic rings. The van der Waals surface area contributed by atoms with Crippen LogP contribution in [0.2, 0.25) is 0 Å². The molecule has 0 aliphatic carbocycles. The summed E-state index contributed by atoms with van der Waals surface area (Å²) in [6.07, 6.45) is 1.28. The number of nitrogens with zero attached hydrogens (tertiary/aromatic N) is 2. The van der Waals surface area contributed by atoms with Crippen molar-refractivity contribution in [2.24, 2.45) is 7.05 Å². The van der Waals surface area contributed by atoms with E-state index in [2.05, 4.69) is 36.7 Å². The van der Waals surface area contributed by atoms with Crippen LogP contribution >= 0.6 is 0 Å². The summed E-state index contributed by atoms with van der Waals surface area (Å²) in [6.45, 7) is 4.86. The van der Waals surface area contributed by atoms with E-state index in [1.165, 1.54) is 22.0 Å². The van der Waals surface area contributed by atoms with Gasteiger partial charge < -0.3 is 14.2 Å². The van der Waals surface area contributed by atoms with E-state index < -0.39 is 5.60 Å². The average molecular weight is 300 g/mol. The Hall–Kier alpha value is -1.81. The van der Waals surface area contributed by atoms with Crippen LogP contribution < -0.4 is 0 Å². The lowest BCUT2D eigenvalue weighted by molar-refractivity contribution is -0.138. The van der Waals surface area contributed by atoms with E-state index in [-0.39, 0.29) is 5.91 Å². The normalized spacial score (nSPS) is 21.0. The summed E-state index contributed by atoms with van der Waals surface area (Å²) in [5.74, 6) is 0.0947. The number of amides is 1. The van der Waals surface area contributed by atoms with Crippen LogP contribution in [0.15, 0.2) is 18.2 Å². The highest BCUT2D eigenvalue weighted by Crippen LogP contribution is 2.41. The molecule has 118 valence electrons. The van der Waals surface area contributed by atoms with Gasteiger partial charge >= 0.3 is 0 Å². The third-order valence-electron chi connectivity index (χ3n) is 4.80. The van der Waals surface area contributed by atoms with Gasteiger partial charge in [-0.25, -0.2) is 0 Å². The first-order valence-corrected chi connectivity index (χ1v) is 7.76. The lowest BCUT2D eigenvalue weighted by Gasteiger charge is -2.35. The van der Waals surface area contributed by atoms with Gasteiger partial charge in [-0.1, -0.05) is 12.1 Å². The van der Waals surface area contributed by atoms with E-state index in [1.807, 2.05) is 6.92 Å². The lowest BCUT2D eigenvalue weighted by Crippen LogP contribution is -2.39. The molecule has 0 spiro atoms. The van der Waals surface area contributed by atoms with Gasteiger partial charge in [-0.2, -0.15) is 0 Å². The Morgan fingerprint density at radius 1 is 1.41 bits per heavy atom. The molecule has 0 N–H and O–H groups in total. The molecule has 0 saturated heterocycles. The first kappa shape index (κ1) is 15.1. The number of carbonyl (C=O) groups is 1. The fourth-order valence-electron chi connectivity index (χ4n) is 3.71. The van der Waals surface area contributed by atoms with Crippen molar-refractivity contribution >= 4 is 16.8 Å². The molecule has 1 amide bonds. The first-order valence-electron chi connectivity index (χ1n) is 7.76. The fourth-order valence-corrected chi connectivity index (χ4v) is 3.71. The van der Waals surface area contributed by atoms with E-state index in [4.69, 9.17) is 4.74 Å². The van der Waals surface area contributed by atoms with Gasteiger partial charge in [0.2, 0.25) is 5.91 Å². The van der Waals surface area contributed by atoms with Gasteiger partial charge in [0.15, 0.2) is 0 Å². The summed E-state index contributed by atoms with van der Waals surface area (Å²) in [5, 5.41) is 1.33. The minimum Gasteiger partial charge on any atom is -0.368 e. The molecule has 0 bridgehead atoms. The molecule has 3 rings (SSSR count). The highest BCUT2D eigenvalue weighted by atomic mass is 16.5. The zero-order valence-electron chi connectivity index (χ0n) is 14.1. The third kappa shape index (κ3) is 2.13. The minimum atomic E-state index is -0.560. The van der Waals surface area contributed by atoms with Crippen LogP contribution in [0.1, 0.15) is 30.2 Å². The molecule has 22 heavy (non-hydrogen) atoms. The molecule has 1 aromatic carbocycles. The van der Waals surface area contributed by atoms with Crippen molar-refractivity contribution in [3.63, 3.8) is 0 Å². The molecule has 4 nitrogen and oxygen atoms in total. The molecule has 0 saturated carbocycles. The second-order valence-corrected chi connectivity index (χ2v) is 6.65. The van der Waals surface area contributed by atoms with E-state index in [0.717, 1.165) is 12.1 Å². The maximum absolute atomic E-state index is 12.3. The van der Waals surface area contributed by atoms with Gasteiger partial charge in [0.25, 0.3) is 0 Å². The van der Waals surface area contributed by atoms with Gasteiger partial charge in [0.1, 0.15) is 5.60 Å². The van der Waals surface area contributed by atoms with Gasteiger partial charge in [-0.3, -0.25) is 4.79 Å². The zero-order chi connectivity index (χ0) is 16.1. The summed E-state index contributed by atoms with van der Waals surface area (Å²) in [7, 11) is 5.66. The Morgan fingerprint density at radius 2 is 2.14 bits per heavy atom. The van der Waals surface area contributed by atoms with Crippen LogP contribution in [0.25, 0.3) is 10.9 Å². The third-order valence-corrected chi connectivity index (χ3v) is 4.80. The molecule has 1 aliphatic rings. The Bertz CT molecular complexity index is 745. The Morgan fingerprint density at radius 3 is 2.82 bits per heavy atom. The van der Waals surface area contributed by atoms with Crippen molar-refractivity contribution in [1.82, 2.24) is 9.47 Å². The van der Waals surface area contributed by atoms with Crippen molar-refractivity contribution in [2.45, 2.75) is 32.3 Å². The molecular formula is C18H24N2O2. The average Bonchev–Trinajstić information content (AvgIpc) is 2.75. The predicted octanol–water partition coefficient (Wildman–Crippen LogP) is 2.75. The van der Waals surface area contributed by atoms with Crippen LogP contribution in [-0.4, -0.2) is 36.1 Å². The van der Waals surface area contributed by atoms with Crippen LogP contribution in [0, 0.1) is 6.92 Å². The maximum atomic E-state index is 12.3. The van der Waals surface area contributed by atoms with Gasteiger partial charge in [-0.05, 0) is 37.5 Å². The molecular weight excluding hydrogens is 276 g/mol.